The fraction of sp³-hybridized carbons (Fsp3) is 0.333. The van der Waals surface area contributed by atoms with E-state index in [-0.39, 0.29) is 11.4 Å². The smallest absolute Gasteiger partial charge is 0.319 e. The minimum atomic E-state index is -0.649. The molecule has 9 heteroatoms. The highest BCUT2D eigenvalue weighted by atomic mass is 16.6. The fourth-order valence-electron chi connectivity index (χ4n) is 2.49. The van der Waals surface area contributed by atoms with Gasteiger partial charge in [0.2, 0.25) is 5.69 Å². The molecule has 2 heterocycles. The lowest BCUT2D eigenvalue weighted by atomic mass is 10.2. The second-order valence-corrected chi connectivity index (χ2v) is 5.42. The Bertz CT molecular complexity index is 722. The van der Waals surface area contributed by atoms with Crippen LogP contribution in [0.3, 0.4) is 0 Å². The largest absolute Gasteiger partial charge is 0.379 e. The van der Waals surface area contributed by atoms with Crippen LogP contribution in [0, 0.1) is 10.1 Å². The number of carbonyl (C=O) groups excluding carboxylic acids is 1. The first-order chi connectivity index (χ1) is 11.6. The van der Waals surface area contributed by atoms with Crippen molar-refractivity contribution in [3.63, 3.8) is 0 Å². The average Bonchev–Trinajstić information content (AvgIpc) is 3.08. The summed E-state index contributed by atoms with van der Waals surface area (Å²) >= 11 is 0. The fourth-order valence-corrected chi connectivity index (χ4v) is 2.49. The van der Waals surface area contributed by atoms with Gasteiger partial charge in [0.1, 0.15) is 6.20 Å². The van der Waals surface area contributed by atoms with E-state index < -0.39 is 10.8 Å². The highest BCUT2D eigenvalue weighted by Gasteiger charge is 2.23. The third kappa shape index (κ3) is 3.76. The molecule has 0 bridgehead atoms. The molecule has 0 unspecified atom stereocenters. The number of nitrogens with zero attached hydrogens (tertiary/aromatic N) is 3. The zero-order chi connectivity index (χ0) is 16.9. The van der Waals surface area contributed by atoms with E-state index >= 15 is 0 Å². The van der Waals surface area contributed by atoms with Gasteiger partial charge >= 0.3 is 5.69 Å². The Hall–Kier alpha value is -2.78. The lowest BCUT2D eigenvalue weighted by Gasteiger charge is -2.26. The van der Waals surface area contributed by atoms with Gasteiger partial charge < -0.3 is 10.1 Å². The molecule has 1 aliphatic rings. The van der Waals surface area contributed by atoms with E-state index in [1.54, 1.807) is 12.1 Å². The predicted molar refractivity (Wildman–Crippen MR) is 85.7 cm³/mol. The van der Waals surface area contributed by atoms with E-state index in [1.165, 1.54) is 0 Å². The molecule has 2 N–H and O–H groups in total. The van der Waals surface area contributed by atoms with Crippen molar-refractivity contribution in [3.8, 4) is 0 Å². The summed E-state index contributed by atoms with van der Waals surface area (Å²) in [6, 6.07) is 7.38. The van der Waals surface area contributed by atoms with Gasteiger partial charge in [-0.25, -0.2) is 0 Å². The van der Waals surface area contributed by atoms with E-state index in [4.69, 9.17) is 4.74 Å². The van der Waals surface area contributed by atoms with Crippen molar-refractivity contribution in [2.45, 2.75) is 6.54 Å². The van der Waals surface area contributed by atoms with Gasteiger partial charge in [-0.3, -0.25) is 24.9 Å². The van der Waals surface area contributed by atoms with Crippen LogP contribution in [0.2, 0.25) is 0 Å². The summed E-state index contributed by atoms with van der Waals surface area (Å²) < 4.78 is 5.32. The summed E-state index contributed by atoms with van der Waals surface area (Å²) in [5.74, 6) is -0.621. The molecule has 1 amide bonds. The molecule has 1 aromatic carbocycles. The third-order valence-corrected chi connectivity index (χ3v) is 3.75. The molecule has 1 saturated heterocycles. The summed E-state index contributed by atoms with van der Waals surface area (Å²) in [6.45, 7) is 4.12. The molecule has 3 rings (SSSR count). The first-order valence-electron chi connectivity index (χ1n) is 7.52. The molecular weight excluding hydrogens is 314 g/mol. The van der Waals surface area contributed by atoms with Crippen LogP contribution in [0.15, 0.2) is 30.5 Å². The second-order valence-electron chi connectivity index (χ2n) is 5.42. The van der Waals surface area contributed by atoms with E-state index in [0.29, 0.717) is 5.69 Å². The number of rotatable bonds is 5. The van der Waals surface area contributed by atoms with Gasteiger partial charge in [-0.1, -0.05) is 12.1 Å². The Kier molecular flexibility index (Phi) is 4.82. The Morgan fingerprint density at radius 2 is 2.04 bits per heavy atom. The first-order valence-corrected chi connectivity index (χ1v) is 7.52. The van der Waals surface area contributed by atoms with Crippen LogP contribution in [-0.4, -0.2) is 52.2 Å². The SMILES string of the molecule is O=C(Nc1ccc(CN2CCOCC2)cc1)c1n[nH]cc1[N+](=O)[O-]. The molecule has 1 fully saturated rings. The van der Waals surface area contributed by atoms with Crippen LogP contribution >= 0.6 is 0 Å². The zero-order valence-corrected chi connectivity index (χ0v) is 12.9. The molecule has 9 nitrogen and oxygen atoms in total. The molecule has 24 heavy (non-hydrogen) atoms. The number of aromatic amines is 1. The van der Waals surface area contributed by atoms with Crippen LogP contribution in [0.1, 0.15) is 16.1 Å². The van der Waals surface area contributed by atoms with Crippen molar-refractivity contribution in [3.05, 3.63) is 51.8 Å². The summed E-state index contributed by atoms with van der Waals surface area (Å²) in [4.78, 5) is 24.6. The number of amides is 1. The molecule has 1 aliphatic heterocycles. The van der Waals surface area contributed by atoms with Crippen LogP contribution in [-0.2, 0) is 11.3 Å². The van der Waals surface area contributed by atoms with Gasteiger partial charge in [0.25, 0.3) is 5.91 Å². The van der Waals surface area contributed by atoms with Gasteiger partial charge in [-0.2, -0.15) is 5.10 Å². The van der Waals surface area contributed by atoms with E-state index in [0.717, 1.165) is 44.6 Å². The van der Waals surface area contributed by atoms with Crippen molar-refractivity contribution in [1.29, 1.82) is 0 Å². The number of hydrogen-bond donors (Lipinski definition) is 2. The van der Waals surface area contributed by atoms with Crippen LogP contribution in [0.25, 0.3) is 0 Å². The van der Waals surface area contributed by atoms with Gasteiger partial charge in [-0.05, 0) is 17.7 Å². The molecule has 0 radical (unpaired) electrons. The average molecular weight is 331 g/mol. The number of morpholine rings is 1. The lowest BCUT2D eigenvalue weighted by Crippen LogP contribution is -2.35. The minimum absolute atomic E-state index is 0.239. The predicted octanol–water partition coefficient (Wildman–Crippen LogP) is 1.40. The monoisotopic (exact) mass is 331 g/mol. The quantitative estimate of drug-likeness (QED) is 0.632. The number of nitrogens with one attached hydrogen (secondary N) is 2. The van der Waals surface area contributed by atoms with Crippen LogP contribution in [0.5, 0.6) is 0 Å². The topological polar surface area (TPSA) is 113 Å². The number of hydrogen-bond acceptors (Lipinski definition) is 6. The third-order valence-electron chi connectivity index (χ3n) is 3.75. The molecule has 0 saturated carbocycles. The van der Waals surface area contributed by atoms with Gasteiger partial charge in [0, 0.05) is 25.3 Å². The molecule has 0 atom stereocenters. The van der Waals surface area contributed by atoms with E-state index in [2.05, 4.69) is 20.4 Å². The van der Waals surface area contributed by atoms with Crippen molar-refractivity contribution < 1.29 is 14.5 Å². The molecule has 0 aliphatic carbocycles. The number of nitro groups is 1. The maximum absolute atomic E-state index is 12.1. The Morgan fingerprint density at radius 3 is 2.71 bits per heavy atom. The maximum Gasteiger partial charge on any atom is 0.319 e. The molecule has 126 valence electrons. The molecule has 2 aromatic rings. The Labute approximate surface area is 137 Å². The van der Waals surface area contributed by atoms with E-state index in [1.807, 2.05) is 12.1 Å². The number of anilines is 1. The van der Waals surface area contributed by atoms with Gasteiger partial charge in [0.15, 0.2) is 0 Å². The first kappa shape index (κ1) is 16.1. The standard InChI is InChI=1S/C15H17N5O4/c21-15(14-13(20(22)23)9-16-18-14)17-12-3-1-11(2-4-12)10-19-5-7-24-8-6-19/h1-4,9H,5-8,10H2,(H,16,18)(H,17,21). The van der Waals surface area contributed by atoms with Crippen molar-refractivity contribution >= 4 is 17.3 Å². The number of benzene rings is 1. The summed E-state index contributed by atoms with van der Waals surface area (Å²) in [7, 11) is 0. The van der Waals surface area contributed by atoms with Crippen molar-refractivity contribution in [2.24, 2.45) is 0 Å². The number of carbonyl (C=O) groups is 1. The highest BCUT2D eigenvalue weighted by Crippen LogP contribution is 2.17. The number of ether oxygens (including phenoxy) is 1. The summed E-state index contributed by atoms with van der Waals surface area (Å²) in [5, 5.41) is 19.4. The van der Waals surface area contributed by atoms with Crippen LogP contribution < -0.4 is 5.32 Å². The normalized spacial score (nSPS) is 15.2. The van der Waals surface area contributed by atoms with Crippen molar-refractivity contribution in [1.82, 2.24) is 15.1 Å². The maximum atomic E-state index is 12.1. The molecular formula is C15H17N5O4. The second kappa shape index (κ2) is 7.20. The zero-order valence-electron chi connectivity index (χ0n) is 12.9. The Morgan fingerprint density at radius 1 is 1.33 bits per heavy atom. The van der Waals surface area contributed by atoms with Crippen molar-refractivity contribution in [2.75, 3.05) is 31.6 Å². The lowest BCUT2D eigenvalue weighted by molar-refractivity contribution is -0.385. The molecule has 1 aromatic heterocycles. The minimum Gasteiger partial charge on any atom is -0.379 e. The summed E-state index contributed by atoms with van der Waals surface area (Å²) in [5.41, 5.74) is 1.09. The van der Waals surface area contributed by atoms with E-state index in [9.17, 15) is 14.9 Å². The van der Waals surface area contributed by atoms with Gasteiger partial charge in [0.05, 0.1) is 18.1 Å². The van der Waals surface area contributed by atoms with Gasteiger partial charge in [-0.15, -0.1) is 0 Å². The Balaban J connectivity index is 1.62. The number of aromatic nitrogens is 2. The van der Waals surface area contributed by atoms with Crippen LogP contribution in [0.4, 0.5) is 11.4 Å². The highest BCUT2D eigenvalue weighted by molar-refractivity contribution is 6.05. The number of H-pyrrole nitrogens is 1. The molecule has 0 spiro atoms. The summed E-state index contributed by atoms with van der Waals surface area (Å²) in [6.07, 6.45) is 1.08.